The van der Waals surface area contributed by atoms with Gasteiger partial charge in [0.05, 0.1) is 14.2 Å². The maximum absolute atomic E-state index is 11.4. The van der Waals surface area contributed by atoms with Crippen molar-refractivity contribution < 1.29 is 19.0 Å². The van der Waals surface area contributed by atoms with E-state index in [1.54, 1.807) is 19.2 Å². The molecule has 1 atom stereocenters. The van der Waals surface area contributed by atoms with Crippen LogP contribution in [0.3, 0.4) is 0 Å². The second-order valence-electron chi connectivity index (χ2n) is 3.29. The Labute approximate surface area is 87.8 Å². The first-order valence-electron chi connectivity index (χ1n) is 4.65. The largest absolute Gasteiger partial charge is 0.497 e. The van der Waals surface area contributed by atoms with Gasteiger partial charge in [-0.1, -0.05) is 0 Å². The topological polar surface area (TPSA) is 44.8 Å². The minimum absolute atomic E-state index is 0.276. The van der Waals surface area contributed by atoms with Crippen LogP contribution in [0.15, 0.2) is 18.2 Å². The second-order valence-corrected chi connectivity index (χ2v) is 3.29. The molecule has 2 rings (SSSR count). The fourth-order valence-electron chi connectivity index (χ4n) is 1.66. The van der Waals surface area contributed by atoms with E-state index in [0.717, 1.165) is 11.3 Å². The number of esters is 1. The lowest BCUT2D eigenvalue weighted by molar-refractivity contribution is -0.142. The summed E-state index contributed by atoms with van der Waals surface area (Å²) >= 11 is 0. The number of carbonyl (C=O) groups is 1. The van der Waals surface area contributed by atoms with Gasteiger partial charge in [-0.25, -0.2) is 0 Å². The molecule has 0 radical (unpaired) electrons. The van der Waals surface area contributed by atoms with E-state index in [4.69, 9.17) is 14.2 Å². The number of ether oxygens (including phenoxy) is 3. The third-order valence-electron chi connectivity index (χ3n) is 2.48. The molecule has 0 saturated heterocycles. The Bertz CT molecular complexity index is 386. The molecule has 1 aliphatic rings. The number of hydrogen-bond acceptors (Lipinski definition) is 4. The van der Waals surface area contributed by atoms with Crippen LogP contribution in [0.5, 0.6) is 11.5 Å². The van der Waals surface area contributed by atoms with Gasteiger partial charge in [-0.15, -0.1) is 0 Å². The van der Waals surface area contributed by atoms with Gasteiger partial charge in [-0.05, 0) is 18.2 Å². The molecule has 1 heterocycles. The Morgan fingerprint density at radius 2 is 2.27 bits per heavy atom. The van der Waals surface area contributed by atoms with Crippen LogP contribution in [0.2, 0.25) is 0 Å². The molecular weight excluding hydrogens is 196 g/mol. The first-order chi connectivity index (χ1) is 7.26. The highest BCUT2D eigenvalue weighted by Crippen LogP contribution is 2.36. The van der Waals surface area contributed by atoms with E-state index in [2.05, 4.69) is 0 Å². The van der Waals surface area contributed by atoms with Gasteiger partial charge in [-0.3, -0.25) is 4.79 Å². The monoisotopic (exact) mass is 208 g/mol. The number of hydrogen-bond donors (Lipinski definition) is 0. The van der Waals surface area contributed by atoms with Crippen molar-refractivity contribution in [3.05, 3.63) is 23.8 Å². The maximum Gasteiger partial charge on any atom is 0.316 e. The van der Waals surface area contributed by atoms with Crippen molar-refractivity contribution in [2.24, 2.45) is 0 Å². The molecule has 0 aliphatic carbocycles. The molecule has 4 heteroatoms. The van der Waals surface area contributed by atoms with Gasteiger partial charge < -0.3 is 14.2 Å². The first-order valence-corrected chi connectivity index (χ1v) is 4.65. The molecule has 0 saturated carbocycles. The van der Waals surface area contributed by atoms with E-state index in [-0.39, 0.29) is 11.9 Å². The molecule has 80 valence electrons. The van der Waals surface area contributed by atoms with E-state index in [9.17, 15) is 4.79 Å². The van der Waals surface area contributed by atoms with Gasteiger partial charge in [0.15, 0.2) is 0 Å². The molecule has 1 aromatic rings. The predicted molar refractivity (Wildman–Crippen MR) is 53.2 cm³/mol. The van der Waals surface area contributed by atoms with E-state index < -0.39 is 0 Å². The lowest BCUT2D eigenvalue weighted by Gasteiger charge is -2.06. The highest BCUT2D eigenvalue weighted by molar-refractivity contribution is 5.80. The summed E-state index contributed by atoms with van der Waals surface area (Å²) in [7, 11) is 2.96. The number of methoxy groups -OCH3 is 2. The summed E-state index contributed by atoms with van der Waals surface area (Å²) in [6.45, 7) is 0.342. The standard InChI is InChI=1S/C11H12O4/c1-13-7-3-4-10-8(5-7)9(6-15-10)11(12)14-2/h3-5,9H,6H2,1-2H3. The minimum atomic E-state index is -0.333. The van der Waals surface area contributed by atoms with Crippen molar-refractivity contribution in [1.29, 1.82) is 0 Å². The summed E-state index contributed by atoms with van der Waals surface area (Å²) in [5.41, 5.74) is 0.834. The van der Waals surface area contributed by atoms with Gasteiger partial charge in [0.1, 0.15) is 24.0 Å². The molecule has 4 nitrogen and oxygen atoms in total. The Kier molecular flexibility index (Phi) is 2.49. The normalized spacial score (nSPS) is 17.9. The fourth-order valence-corrected chi connectivity index (χ4v) is 1.66. The van der Waals surface area contributed by atoms with Crippen LogP contribution in [0.25, 0.3) is 0 Å². The van der Waals surface area contributed by atoms with Gasteiger partial charge in [0.2, 0.25) is 0 Å². The number of fused-ring (bicyclic) bond motifs is 1. The fraction of sp³-hybridized carbons (Fsp3) is 0.364. The van der Waals surface area contributed by atoms with Crippen LogP contribution in [-0.2, 0) is 9.53 Å². The van der Waals surface area contributed by atoms with Crippen LogP contribution in [0.4, 0.5) is 0 Å². The third kappa shape index (κ3) is 1.63. The average Bonchev–Trinajstić information content (AvgIpc) is 2.70. The first kappa shape index (κ1) is 9.83. The summed E-state index contributed by atoms with van der Waals surface area (Å²) in [4.78, 5) is 11.4. The van der Waals surface area contributed by atoms with Gasteiger partial charge in [-0.2, -0.15) is 0 Å². The van der Waals surface area contributed by atoms with Crippen LogP contribution in [-0.4, -0.2) is 26.8 Å². The van der Waals surface area contributed by atoms with Crippen LogP contribution >= 0.6 is 0 Å². The molecule has 0 amide bonds. The van der Waals surface area contributed by atoms with Crippen molar-refractivity contribution in [1.82, 2.24) is 0 Å². The van der Waals surface area contributed by atoms with E-state index in [0.29, 0.717) is 12.4 Å². The molecule has 0 N–H and O–H groups in total. The van der Waals surface area contributed by atoms with Crippen molar-refractivity contribution in [2.45, 2.75) is 5.92 Å². The quantitative estimate of drug-likeness (QED) is 0.688. The van der Waals surface area contributed by atoms with Crippen LogP contribution in [0, 0.1) is 0 Å². The molecule has 1 aromatic carbocycles. The number of carbonyl (C=O) groups excluding carboxylic acids is 1. The zero-order valence-corrected chi connectivity index (χ0v) is 8.65. The Hall–Kier alpha value is -1.71. The molecule has 0 bridgehead atoms. The summed E-state index contributed by atoms with van der Waals surface area (Å²) in [6.07, 6.45) is 0. The SMILES string of the molecule is COC(=O)C1COc2ccc(OC)cc21. The highest BCUT2D eigenvalue weighted by Gasteiger charge is 2.31. The molecule has 1 unspecified atom stereocenters. The number of rotatable bonds is 2. The van der Waals surface area contributed by atoms with Crippen molar-refractivity contribution >= 4 is 5.97 Å². The lowest BCUT2D eigenvalue weighted by Crippen LogP contribution is -2.15. The van der Waals surface area contributed by atoms with E-state index in [1.165, 1.54) is 7.11 Å². The predicted octanol–water partition coefficient (Wildman–Crippen LogP) is 1.34. The van der Waals surface area contributed by atoms with Crippen molar-refractivity contribution in [3.8, 4) is 11.5 Å². The second kappa shape index (κ2) is 3.81. The van der Waals surface area contributed by atoms with Crippen LogP contribution < -0.4 is 9.47 Å². The molecule has 0 aromatic heterocycles. The zero-order chi connectivity index (χ0) is 10.8. The zero-order valence-electron chi connectivity index (χ0n) is 8.65. The molecule has 0 fully saturated rings. The van der Waals surface area contributed by atoms with Crippen molar-refractivity contribution in [2.75, 3.05) is 20.8 Å². The van der Waals surface area contributed by atoms with Crippen LogP contribution in [0.1, 0.15) is 11.5 Å². The molecular formula is C11H12O4. The highest BCUT2D eigenvalue weighted by atomic mass is 16.5. The Morgan fingerprint density at radius 3 is 2.93 bits per heavy atom. The van der Waals surface area contributed by atoms with Crippen molar-refractivity contribution in [3.63, 3.8) is 0 Å². The van der Waals surface area contributed by atoms with Gasteiger partial charge in [0.25, 0.3) is 0 Å². The molecule has 0 spiro atoms. The Morgan fingerprint density at radius 1 is 1.47 bits per heavy atom. The molecule has 1 aliphatic heterocycles. The number of benzene rings is 1. The smallest absolute Gasteiger partial charge is 0.316 e. The van der Waals surface area contributed by atoms with Gasteiger partial charge >= 0.3 is 5.97 Å². The summed E-state index contributed by atoms with van der Waals surface area (Å²) in [5, 5.41) is 0. The summed E-state index contributed by atoms with van der Waals surface area (Å²) < 4.78 is 15.2. The third-order valence-corrected chi connectivity index (χ3v) is 2.48. The Balaban J connectivity index is 2.35. The minimum Gasteiger partial charge on any atom is -0.497 e. The maximum atomic E-state index is 11.4. The summed E-state index contributed by atoms with van der Waals surface area (Å²) in [5.74, 6) is 0.835. The van der Waals surface area contributed by atoms with E-state index >= 15 is 0 Å². The summed E-state index contributed by atoms with van der Waals surface area (Å²) in [6, 6.07) is 5.42. The lowest BCUT2D eigenvalue weighted by atomic mass is 10.0. The van der Waals surface area contributed by atoms with Gasteiger partial charge in [0, 0.05) is 5.56 Å². The molecule has 15 heavy (non-hydrogen) atoms. The average molecular weight is 208 g/mol. The van der Waals surface area contributed by atoms with E-state index in [1.807, 2.05) is 6.07 Å².